The minimum absolute atomic E-state index is 0.0197. The standard InChI is InChI=1S/C21H28ClN5O/c22-17-7-3-6-16(14-17)20(15-4-1-2-5-15)25-21(28)24-18-9-12-27(13-10-18)19-8-11-23-26-19/h3,6-8,11,14-15,18,20H,1-2,4-5,9-10,12-13H2,(H,23,26)(H2,24,25,28)/t20-/m0/s1. The van der Waals surface area contributed by atoms with Crippen molar-refractivity contribution in [1.29, 1.82) is 0 Å². The Morgan fingerprint density at radius 2 is 1.96 bits per heavy atom. The Balaban J connectivity index is 1.34. The fourth-order valence-electron chi connectivity index (χ4n) is 4.52. The number of nitrogens with zero attached hydrogens (tertiary/aromatic N) is 2. The molecule has 1 atom stereocenters. The van der Waals surface area contributed by atoms with Crippen molar-refractivity contribution in [2.45, 2.75) is 50.6 Å². The van der Waals surface area contributed by atoms with Gasteiger partial charge in [-0.1, -0.05) is 36.6 Å². The number of hydrogen-bond donors (Lipinski definition) is 3. The Bertz CT molecular complexity index is 767. The molecule has 0 unspecified atom stereocenters. The van der Waals surface area contributed by atoms with E-state index >= 15 is 0 Å². The molecule has 7 heteroatoms. The smallest absolute Gasteiger partial charge is 0.315 e. The van der Waals surface area contributed by atoms with E-state index in [1.165, 1.54) is 12.8 Å². The number of nitrogens with one attached hydrogen (secondary N) is 3. The SMILES string of the molecule is O=C(NC1CCN(c2ccn[nH]2)CC1)N[C@H](c1cccc(Cl)c1)C1CCCC1. The van der Waals surface area contributed by atoms with Gasteiger partial charge in [-0.05, 0) is 49.3 Å². The third kappa shape index (κ3) is 4.61. The number of hydrogen-bond acceptors (Lipinski definition) is 3. The van der Waals surface area contributed by atoms with Crippen LogP contribution in [0.5, 0.6) is 0 Å². The zero-order valence-corrected chi connectivity index (χ0v) is 16.8. The maximum atomic E-state index is 12.8. The van der Waals surface area contributed by atoms with E-state index in [2.05, 4.69) is 31.8 Å². The molecule has 4 rings (SSSR count). The Hall–Kier alpha value is -2.21. The molecule has 2 aliphatic rings. The van der Waals surface area contributed by atoms with Crippen LogP contribution in [0.4, 0.5) is 10.6 Å². The first-order valence-corrected chi connectivity index (χ1v) is 10.6. The highest BCUT2D eigenvalue weighted by Crippen LogP contribution is 2.36. The Labute approximate surface area is 171 Å². The summed E-state index contributed by atoms with van der Waals surface area (Å²) in [6.45, 7) is 1.82. The van der Waals surface area contributed by atoms with Crippen molar-refractivity contribution >= 4 is 23.4 Å². The lowest BCUT2D eigenvalue weighted by molar-refractivity contribution is 0.224. The van der Waals surface area contributed by atoms with Crippen LogP contribution in [-0.4, -0.2) is 35.4 Å². The molecule has 1 aliphatic carbocycles. The van der Waals surface area contributed by atoms with Gasteiger partial charge < -0.3 is 15.5 Å². The normalized spacial score (nSPS) is 19.5. The fraction of sp³-hybridized carbons (Fsp3) is 0.524. The van der Waals surface area contributed by atoms with Gasteiger partial charge in [0, 0.05) is 30.2 Å². The number of aromatic amines is 1. The van der Waals surface area contributed by atoms with Crippen molar-refractivity contribution in [2.24, 2.45) is 5.92 Å². The van der Waals surface area contributed by atoms with Crippen molar-refractivity contribution in [1.82, 2.24) is 20.8 Å². The molecule has 2 amide bonds. The Kier molecular flexibility index (Phi) is 6.05. The van der Waals surface area contributed by atoms with Crippen LogP contribution in [0.25, 0.3) is 0 Å². The van der Waals surface area contributed by atoms with E-state index in [4.69, 9.17) is 11.6 Å². The number of carbonyl (C=O) groups is 1. The molecule has 0 spiro atoms. The van der Waals surface area contributed by atoms with Crippen LogP contribution in [0.3, 0.4) is 0 Å². The highest BCUT2D eigenvalue weighted by atomic mass is 35.5. The molecule has 2 heterocycles. The van der Waals surface area contributed by atoms with E-state index in [0.717, 1.165) is 50.2 Å². The van der Waals surface area contributed by atoms with Crippen LogP contribution in [0.2, 0.25) is 5.02 Å². The number of halogens is 1. The first kappa shape index (κ1) is 19.1. The summed E-state index contributed by atoms with van der Waals surface area (Å²) in [5.74, 6) is 1.52. The fourth-order valence-corrected chi connectivity index (χ4v) is 4.72. The van der Waals surface area contributed by atoms with Crippen molar-refractivity contribution < 1.29 is 4.79 Å². The molecule has 150 valence electrons. The molecular formula is C21H28ClN5O. The molecule has 1 aromatic carbocycles. The summed E-state index contributed by atoms with van der Waals surface area (Å²) in [5.41, 5.74) is 1.10. The minimum atomic E-state index is -0.0723. The van der Waals surface area contributed by atoms with E-state index in [9.17, 15) is 4.79 Å². The Morgan fingerprint density at radius 3 is 2.64 bits per heavy atom. The molecule has 2 aromatic rings. The van der Waals surface area contributed by atoms with Crippen LogP contribution >= 0.6 is 11.6 Å². The van der Waals surface area contributed by atoms with E-state index < -0.39 is 0 Å². The maximum absolute atomic E-state index is 12.8. The average Bonchev–Trinajstić information content (AvgIpc) is 3.41. The van der Waals surface area contributed by atoms with Gasteiger partial charge in [-0.15, -0.1) is 0 Å². The first-order valence-electron chi connectivity index (χ1n) is 10.3. The summed E-state index contributed by atoms with van der Waals surface area (Å²) in [7, 11) is 0. The summed E-state index contributed by atoms with van der Waals surface area (Å²) in [4.78, 5) is 15.0. The molecule has 0 radical (unpaired) electrons. The van der Waals surface area contributed by atoms with Crippen molar-refractivity contribution in [3.05, 3.63) is 47.1 Å². The lowest BCUT2D eigenvalue weighted by Crippen LogP contribution is -2.49. The van der Waals surface area contributed by atoms with Crippen LogP contribution in [-0.2, 0) is 0 Å². The second-order valence-electron chi connectivity index (χ2n) is 7.90. The second-order valence-corrected chi connectivity index (χ2v) is 8.33. The summed E-state index contributed by atoms with van der Waals surface area (Å²) in [5, 5.41) is 14.2. The number of rotatable bonds is 5. The third-order valence-electron chi connectivity index (χ3n) is 6.02. The van der Waals surface area contributed by atoms with Crippen molar-refractivity contribution in [3.63, 3.8) is 0 Å². The zero-order valence-electron chi connectivity index (χ0n) is 16.0. The number of H-pyrrole nitrogens is 1. The van der Waals surface area contributed by atoms with E-state index in [1.807, 2.05) is 24.3 Å². The highest BCUT2D eigenvalue weighted by molar-refractivity contribution is 6.30. The third-order valence-corrected chi connectivity index (χ3v) is 6.26. The number of piperidine rings is 1. The van der Waals surface area contributed by atoms with Crippen LogP contribution in [0.1, 0.15) is 50.1 Å². The van der Waals surface area contributed by atoms with Gasteiger partial charge >= 0.3 is 6.03 Å². The van der Waals surface area contributed by atoms with Gasteiger partial charge in [0.1, 0.15) is 5.82 Å². The van der Waals surface area contributed by atoms with E-state index in [-0.39, 0.29) is 18.1 Å². The quantitative estimate of drug-likeness (QED) is 0.700. The lowest BCUT2D eigenvalue weighted by atomic mass is 9.91. The summed E-state index contributed by atoms with van der Waals surface area (Å²) >= 11 is 6.20. The van der Waals surface area contributed by atoms with Gasteiger partial charge in [0.05, 0.1) is 12.2 Å². The minimum Gasteiger partial charge on any atom is -0.357 e. The van der Waals surface area contributed by atoms with Crippen LogP contribution < -0.4 is 15.5 Å². The number of urea groups is 1. The largest absolute Gasteiger partial charge is 0.357 e. The van der Waals surface area contributed by atoms with Gasteiger partial charge in [0.2, 0.25) is 0 Å². The second kappa shape index (κ2) is 8.86. The highest BCUT2D eigenvalue weighted by Gasteiger charge is 2.29. The molecule has 0 bridgehead atoms. The van der Waals surface area contributed by atoms with Crippen LogP contribution in [0.15, 0.2) is 36.5 Å². The molecule has 6 nitrogen and oxygen atoms in total. The number of benzene rings is 1. The number of amides is 2. The number of aromatic nitrogens is 2. The molecule has 1 saturated carbocycles. The predicted molar refractivity (Wildman–Crippen MR) is 112 cm³/mol. The van der Waals surface area contributed by atoms with E-state index in [1.54, 1.807) is 6.20 Å². The predicted octanol–water partition coefficient (Wildman–Crippen LogP) is 4.26. The van der Waals surface area contributed by atoms with Gasteiger partial charge in [0.25, 0.3) is 0 Å². The average molecular weight is 402 g/mol. The summed E-state index contributed by atoms with van der Waals surface area (Å²) in [6, 6.07) is 10.0. The first-order chi connectivity index (χ1) is 13.7. The molecule has 1 aromatic heterocycles. The molecule has 1 aliphatic heterocycles. The van der Waals surface area contributed by atoms with E-state index in [0.29, 0.717) is 10.9 Å². The van der Waals surface area contributed by atoms with Crippen LogP contribution in [0, 0.1) is 5.92 Å². The number of carbonyl (C=O) groups excluding carboxylic acids is 1. The van der Waals surface area contributed by atoms with Gasteiger partial charge in [-0.2, -0.15) is 5.10 Å². The zero-order chi connectivity index (χ0) is 19.3. The van der Waals surface area contributed by atoms with Crippen molar-refractivity contribution in [2.75, 3.05) is 18.0 Å². The molecule has 3 N–H and O–H groups in total. The monoisotopic (exact) mass is 401 g/mol. The van der Waals surface area contributed by atoms with Gasteiger partial charge in [0.15, 0.2) is 0 Å². The summed E-state index contributed by atoms with van der Waals surface area (Å²) in [6.07, 6.45) is 8.40. The summed E-state index contributed by atoms with van der Waals surface area (Å²) < 4.78 is 0. The van der Waals surface area contributed by atoms with Gasteiger partial charge in [-0.3, -0.25) is 5.10 Å². The molecule has 2 fully saturated rings. The molecule has 1 saturated heterocycles. The topological polar surface area (TPSA) is 73.0 Å². The van der Waals surface area contributed by atoms with Crippen molar-refractivity contribution in [3.8, 4) is 0 Å². The lowest BCUT2D eigenvalue weighted by Gasteiger charge is -2.33. The Morgan fingerprint density at radius 1 is 1.18 bits per heavy atom. The molecular weight excluding hydrogens is 374 g/mol. The number of anilines is 1. The molecule has 28 heavy (non-hydrogen) atoms. The van der Waals surface area contributed by atoms with Gasteiger partial charge in [-0.25, -0.2) is 4.79 Å². The maximum Gasteiger partial charge on any atom is 0.315 e.